The van der Waals surface area contributed by atoms with E-state index in [1.807, 2.05) is 7.05 Å². The molecule has 1 aromatic carbocycles. The van der Waals surface area contributed by atoms with Gasteiger partial charge in [-0.05, 0) is 68.7 Å². The summed E-state index contributed by atoms with van der Waals surface area (Å²) in [7, 11) is 3.68. The topological polar surface area (TPSA) is 65.2 Å². The molecule has 0 aliphatic heterocycles. The zero-order chi connectivity index (χ0) is 24.7. The van der Waals surface area contributed by atoms with Gasteiger partial charge < -0.3 is 14.4 Å². The van der Waals surface area contributed by atoms with Crippen LogP contribution in [0.5, 0.6) is 0 Å². The molecule has 2 aromatic heterocycles. The van der Waals surface area contributed by atoms with Crippen molar-refractivity contribution >= 4 is 22.4 Å². The van der Waals surface area contributed by atoms with E-state index in [0.29, 0.717) is 28.3 Å². The maximum Gasteiger partial charge on any atom is 0.252 e. The molecule has 0 saturated heterocycles. The Balaban J connectivity index is 1.38. The van der Waals surface area contributed by atoms with Crippen LogP contribution in [0.2, 0.25) is 0 Å². The molecule has 0 amide bonds. The van der Waals surface area contributed by atoms with Gasteiger partial charge in [-0.1, -0.05) is 0 Å². The van der Waals surface area contributed by atoms with Crippen molar-refractivity contribution in [1.29, 1.82) is 5.26 Å². The Morgan fingerprint density at radius 2 is 1.69 bits per heavy atom. The number of nitriles is 1. The smallest absolute Gasteiger partial charge is 0.252 e. The van der Waals surface area contributed by atoms with E-state index in [2.05, 4.69) is 20.9 Å². The van der Waals surface area contributed by atoms with Crippen molar-refractivity contribution in [2.75, 3.05) is 23.4 Å². The van der Waals surface area contributed by atoms with Gasteiger partial charge in [0.2, 0.25) is 0 Å². The van der Waals surface area contributed by atoms with Crippen LogP contribution in [0.4, 0.5) is 20.2 Å². The molecule has 0 bridgehead atoms. The van der Waals surface area contributed by atoms with E-state index in [-0.39, 0.29) is 17.6 Å². The Labute approximate surface area is 203 Å². The van der Waals surface area contributed by atoms with Gasteiger partial charge >= 0.3 is 0 Å². The number of anilines is 2. The first kappa shape index (κ1) is 23.3. The summed E-state index contributed by atoms with van der Waals surface area (Å²) in [5.41, 5.74) is 2.87. The molecule has 5 rings (SSSR count). The number of aromatic nitrogens is 2. The lowest BCUT2D eigenvalue weighted by Gasteiger charge is -2.41. The van der Waals surface area contributed by atoms with Gasteiger partial charge in [0, 0.05) is 50.5 Å². The Kier molecular flexibility index (Phi) is 6.18. The fraction of sp³-hybridized carbons (Fsp3) is 0.444. The normalized spacial score (nSPS) is 20.0. The zero-order valence-corrected chi connectivity index (χ0v) is 20.0. The minimum atomic E-state index is -0.545. The number of benzene rings is 1. The first-order valence-corrected chi connectivity index (χ1v) is 12.2. The summed E-state index contributed by atoms with van der Waals surface area (Å²) in [6.07, 6.45) is 5.88. The van der Waals surface area contributed by atoms with Gasteiger partial charge in [0.05, 0.1) is 11.2 Å². The molecular weight excluding hydrogens is 448 g/mol. The predicted octanol–water partition coefficient (Wildman–Crippen LogP) is 4.75. The van der Waals surface area contributed by atoms with Crippen LogP contribution in [0.3, 0.4) is 0 Å². The van der Waals surface area contributed by atoms with Gasteiger partial charge in [0.25, 0.3) is 5.56 Å². The van der Waals surface area contributed by atoms with Gasteiger partial charge in [-0.15, -0.1) is 0 Å². The van der Waals surface area contributed by atoms with E-state index < -0.39 is 11.6 Å². The first-order valence-electron chi connectivity index (χ1n) is 12.2. The number of hydrogen-bond acceptors (Lipinski definition) is 5. The molecule has 0 radical (unpaired) electrons. The summed E-state index contributed by atoms with van der Waals surface area (Å²) < 4.78 is 29.5. The van der Waals surface area contributed by atoms with Crippen LogP contribution in [-0.2, 0) is 7.05 Å². The molecular formula is C27H29F2N5O. The van der Waals surface area contributed by atoms with Gasteiger partial charge in [-0.25, -0.2) is 13.8 Å². The molecule has 2 aliphatic rings. The molecule has 182 valence electrons. The lowest BCUT2D eigenvalue weighted by atomic mass is 9.88. The molecule has 2 heterocycles. The number of rotatable bonds is 6. The average Bonchev–Trinajstić information content (AvgIpc) is 3.68. The maximum atomic E-state index is 14.0. The number of nitrogens with zero attached hydrogens (tertiary/aromatic N) is 5. The van der Waals surface area contributed by atoms with E-state index in [4.69, 9.17) is 0 Å². The third kappa shape index (κ3) is 4.72. The molecule has 0 N–H and O–H groups in total. The third-order valence-electron chi connectivity index (χ3n) is 7.55. The number of aryl methyl sites for hydroxylation is 1. The summed E-state index contributed by atoms with van der Waals surface area (Å²) in [6, 6.07) is 11.3. The molecule has 8 heteroatoms. The number of pyridine rings is 2. The number of halogens is 2. The van der Waals surface area contributed by atoms with Crippen molar-refractivity contribution in [2.24, 2.45) is 13.0 Å². The van der Waals surface area contributed by atoms with E-state index in [1.54, 1.807) is 29.8 Å². The molecule has 2 fully saturated rings. The van der Waals surface area contributed by atoms with Crippen molar-refractivity contribution < 1.29 is 8.78 Å². The Bertz CT molecular complexity index is 1330. The largest absolute Gasteiger partial charge is 0.370 e. The van der Waals surface area contributed by atoms with Crippen molar-refractivity contribution in [3.8, 4) is 6.07 Å². The van der Waals surface area contributed by atoms with Gasteiger partial charge in [0.15, 0.2) is 0 Å². The number of hydrogen-bond donors (Lipinski definition) is 0. The summed E-state index contributed by atoms with van der Waals surface area (Å²) in [6.45, 7) is 0.828. The van der Waals surface area contributed by atoms with Crippen LogP contribution in [0, 0.1) is 28.9 Å². The molecule has 35 heavy (non-hydrogen) atoms. The van der Waals surface area contributed by atoms with Crippen LogP contribution in [-0.4, -0.2) is 35.2 Å². The molecule has 3 aromatic rings. The summed E-state index contributed by atoms with van der Waals surface area (Å²) in [4.78, 5) is 21.5. The molecule has 0 atom stereocenters. The highest BCUT2D eigenvalue weighted by Crippen LogP contribution is 2.37. The van der Waals surface area contributed by atoms with E-state index >= 15 is 0 Å². The zero-order valence-electron chi connectivity index (χ0n) is 20.0. The molecule has 0 spiro atoms. The van der Waals surface area contributed by atoms with E-state index in [0.717, 1.165) is 44.0 Å². The SMILES string of the molecule is Cn1c(=O)cc(N(C)[C@H]2CC[C@@H](N(CC3CC3)c3cc(F)cc(F)c3)CC2)c2nc(C#N)ccc21. The molecule has 2 saturated carbocycles. The second-order valence-electron chi connectivity index (χ2n) is 9.90. The average molecular weight is 478 g/mol. The maximum absolute atomic E-state index is 14.0. The van der Waals surface area contributed by atoms with Crippen LogP contribution in [0.15, 0.2) is 41.2 Å². The van der Waals surface area contributed by atoms with Crippen molar-refractivity contribution in [2.45, 2.75) is 50.6 Å². The monoisotopic (exact) mass is 477 g/mol. The predicted molar refractivity (Wildman–Crippen MR) is 133 cm³/mol. The van der Waals surface area contributed by atoms with Crippen molar-refractivity contribution in [1.82, 2.24) is 9.55 Å². The lowest BCUT2D eigenvalue weighted by molar-refractivity contribution is 0.364. The van der Waals surface area contributed by atoms with Gasteiger partial charge in [-0.3, -0.25) is 4.79 Å². The van der Waals surface area contributed by atoms with Gasteiger partial charge in [-0.2, -0.15) is 5.26 Å². The summed E-state index contributed by atoms with van der Waals surface area (Å²) >= 11 is 0. The molecule has 0 unspecified atom stereocenters. The number of fused-ring (bicyclic) bond motifs is 1. The summed E-state index contributed by atoms with van der Waals surface area (Å²) in [5, 5.41) is 9.33. The molecule has 6 nitrogen and oxygen atoms in total. The van der Waals surface area contributed by atoms with E-state index in [1.165, 1.54) is 25.0 Å². The van der Waals surface area contributed by atoms with Crippen molar-refractivity contribution in [3.05, 3.63) is 64.1 Å². The van der Waals surface area contributed by atoms with Crippen LogP contribution in [0.1, 0.15) is 44.2 Å². The standard InChI is InChI=1S/C27H29F2N5O/c1-32(25-14-26(35)33(2)24-10-5-20(15-30)31-27(24)25)21-6-8-22(9-7-21)34(16-17-3-4-17)23-12-18(28)11-19(29)13-23/h5,10-14,17,21-22H,3-4,6-9,16H2,1-2H3/t21-,22+. The second-order valence-corrected chi connectivity index (χ2v) is 9.90. The second kappa shape index (κ2) is 9.29. The fourth-order valence-corrected chi connectivity index (χ4v) is 5.35. The molecule has 2 aliphatic carbocycles. The Morgan fingerprint density at radius 3 is 2.31 bits per heavy atom. The minimum Gasteiger partial charge on any atom is -0.370 e. The van der Waals surface area contributed by atoms with Crippen molar-refractivity contribution in [3.63, 3.8) is 0 Å². The highest BCUT2D eigenvalue weighted by Gasteiger charge is 2.33. The highest BCUT2D eigenvalue weighted by molar-refractivity contribution is 5.88. The van der Waals surface area contributed by atoms with Crippen LogP contribution in [0.25, 0.3) is 11.0 Å². The van der Waals surface area contributed by atoms with Gasteiger partial charge in [0.1, 0.15) is 28.9 Å². The fourth-order valence-electron chi connectivity index (χ4n) is 5.35. The minimum absolute atomic E-state index is 0.122. The summed E-state index contributed by atoms with van der Waals surface area (Å²) in [5.74, 6) is -0.499. The Morgan fingerprint density at radius 1 is 1.03 bits per heavy atom. The quantitative estimate of drug-likeness (QED) is 0.513. The van der Waals surface area contributed by atoms with Crippen LogP contribution < -0.4 is 15.4 Å². The third-order valence-corrected chi connectivity index (χ3v) is 7.55. The Hall–Kier alpha value is -3.47. The first-order chi connectivity index (χ1) is 16.8. The van der Waals surface area contributed by atoms with Crippen LogP contribution >= 0.6 is 0 Å². The highest BCUT2D eigenvalue weighted by atomic mass is 19.1. The lowest BCUT2D eigenvalue weighted by Crippen LogP contribution is -2.44. The van der Waals surface area contributed by atoms with E-state index in [9.17, 15) is 18.8 Å².